The summed E-state index contributed by atoms with van der Waals surface area (Å²) in [4.78, 5) is 28.0. The van der Waals surface area contributed by atoms with Crippen LogP contribution in [-0.4, -0.2) is 39.0 Å². The molecule has 2 N–H and O–H groups in total. The maximum absolute atomic E-state index is 12.0. The van der Waals surface area contributed by atoms with Gasteiger partial charge in [0.1, 0.15) is 12.3 Å². The third-order valence-corrected chi connectivity index (χ3v) is 5.80. The summed E-state index contributed by atoms with van der Waals surface area (Å²) in [6.07, 6.45) is 2.58. The van der Waals surface area contributed by atoms with Crippen molar-refractivity contribution in [3.63, 3.8) is 0 Å². The number of fused-ring (bicyclic) bond motifs is 1. The average molecular weight is 453 g/mol. The number of halogens is 2. The number of oxime groups is 1. The minimum Gasteiger partial charge on any atom is -0.481 e. The highest BCUT2D eigenvalue weighted by molar-refractivity contribution is 6.42. The lowest BCUT2D eigenvalue weighted by Gasteiger charge is -2.18. The highest BCUT2D eigenvalue weighted by Crippen LogP contribution is 2.32. The zero-order valence-electron chi connectivity index (χ0n) is 16.5. The van der Waals surface area contributed by atoms with E-state index < -0.39 is 11.9 Å². The number of rotatable bonds is 8. The molecule has 7 nitrogen and oxygen atoms in total. The summed E-state index contributed by atoms with van der Waals surface area (Å²) in [5, 5.41) is 23.6. The van der Waals surface area contributed by atoms with Crippen LogP contribution in [0.5, 0.6) is 0 Å². The van der Waals surface area contributed by atoms with E-state index in [-0.39, 0.29) is 18.7 Å². The molecule has 0 atom stereocenters. The molecule has 1 aromatic carbocycles. The number of aliphatic carboxylic acids is 1. The standard InChI is InChI=1S/C21H22Cl2N2O5/c1-12-19-16(24-30-9-3-6-18(26)27)4-2-5-17(19)25(20(12)21(28)29)11-13-7-8-14(22)15(23)10-13/h7-8,10H,2-6,9,11H2,1H3,(H,26,27)(H,28,29)/b24-16-. The van der Waals surface area contributed by atoms with Crippen molar-refractivity contribution in [1.29, 1.82) is 0 Å². The topological polar surface area (TPSA) is 101 Å². The first-order valence-electron chi connectivity index (χ1n) is 9.59. The van der Waals surface area contributed by atoms with E-state index in [9.17, 15) is 14.7 Å². The fourth-order valence-corrected chi connectivity index (χ4v) is 4.09. The first-order chi connectivity index (χ1) is 14.3. The highest BCUT2D eigenvalue weighted by atomic mass is 35.5. The van der Waals surface area contributed by atoms with Crippen molar-refractivity contribution in [2.45, 2.75) is 45.6 Å². The van der Waals surface area contributed by atoms with Crippen molar-refractivity contribution in [3.8, 4) is 0 Å². The van der Waals surface area contributed by atoms with Crippen LogP contribution in [0.2, 0.25) is 10.0 Å². The van der Waals surface area contributed by atoms with Crippen LogP contribution in [0.4, 0.5) is 0 Å². The van der Waals surface area contributed by atoms with Crippen LogP contribution in [0, 0.1) is 6.92 Å². The van der Waals surface area contributed by atoms with Crippen molar-refractivity contribution in [3.05, 3.63) is 56.3 Å². The lowest BCUT2D eigenvalue weighted by Crippen LogP contribution is -2.17. The summed E-state index contributed by atoms with van der Waals surface area (Å²) in [5.74, 6) is -1.89. The second-order valence-corrected chi connectivity index (χ2v) is 7.97. The predicted molar refractivity (Wildman–Crippen MR) is 114 cm³/mol. The highest BCUT2D eigenvalue weighted by Gasteiger charge is 2.29. The van der Waals surface area contributed by atoms with E-state index in [2.05, 4.69) is 5.16 Å². The molecule has 0 fully saturated rings. The van der Waals surface area contributed by atoms with E-state index >= 15 is 0 Å². The Balaban J connectivity index is 1.94. The Hall–Kier alpha value is -2.51. The fraction of sp³-hybridized carbons (Fsp3) is 0.381. The minimum absolute atomic E-state index is 0.0122. The first-order valence-corrected chi connectivity index (χ1v) is 10.3. The van der Waals surface area contributed by atoms with Crippen LogP contribution < -0.4 is 0 Å². The Morgan fingerprint density at radius 2 is 1.97 bits per heavy atom. The molecule has 2 aromatic rings. The predicted octanol–water partition coefficient (Wildman–Crippen LogP) is 4.77. The quantitative estimate of drug-likeness (QED) is 0.443. The van der Waals surface area contributed by atoms with Gasteiger partial charge in [0.05, 0.1) is 15.8 Å². The number of carboxylic acid groups (broad SMARTS) is 2. The third kappa shape index (κ3) is 4.79. The number of carboxylic acids is 2. The smallest absolute Gasteiger partial charge is 0.352 e. The van der Waals surface area contributed by atoms with Crippen molar-refractivity contribution in [2.75, 3.05) is 6.61 Å². The normalized spacial score (nSPS) is 14.6. The van der Waals surface area contributed by atoms with Crippen LogP contribution in [0.15, 0.2) is 23.4 Å². The Labute approximate surface area is 183 Å². The van der Waals surface area contributed by atoms with Gasteiger partial charge in [0, 0.05) is 24.2 Å². The lowest BCUT2D eigenvalue weighted by atomic mass is 9.93. The molecule has 1 heterocycles. The zero-order chi connectivity index (χ0) is 21.8. The van der Waals surface area contributed by atoms with Crippen molar-refractivity contribution in [2.24, 2.45) is 5.16 Å². The van der Waals surface area contributed by atoms with Gasteiger partial charge in [0.15, 0.2) is 0 Å². The van der Waals surface area contributed by atoms with E-state index in [0.717, 1.165) is 29.7 Å². The second kappa shape index (κ2) is 9.53. The number of aromatic nitrogens is 1. The number of carbonyl (C=O) groups is 2. The van der Waals surface area contributed by atoms with Gasteiger partial charge in [0.2, 0.25) is 0 Å². The van der Waals surface area contributed by atoms with Crippen LogP contribution in [0.1, 0.15) is 58.6 Å². The Bertz CT molecular complexity index is 1010. The molecule has 3 rings (SSSR count). The molecule has 160 valence electrons. The largest absolute Gasteiger partial charge is 0.481 e. The molecular weight excluding hydrogens is 431 g/mol. The second-order valence-electron chi connectivity index (χ2n) is 7.16. The van der Waals surface area contributed by atoms with E-state index in [1.165, 1.54) is 0 Å². The van der Waals surface area contributed by atoms with Crippen LogP contribution in [0.25, 0.3) is 0 Å². The number of nitrogens with zero attached hydrogens (tertiary/aromatic N) is 2. The molecular formula is C21H22Cl2N2O5. The van der Waals surface area contributed by atoms with Gasteiger partial charge in [-0.25, -0.2) is 4.79 Å². The van der Waals surface area contributed by atoms with Crippen LogP contribution >= 0.6 is 23.2 Å². The summed E-state index contributed by atoms with van der Waals surface area (Å²) in [5.41, 5.74) is 4.10. The number of aromatic carboxylic acids is 1. The van der Waals surface area contributed by atoms with Crippen molar-refractivity contribution >= 4 is 40.9 Å². The minimum atomic E-state index is -1.01. The molecule has 0 radical (unpaired) electrons. The van der Waals surface area contributed by atoms with Crippen LogP contribution in [-0.2, 0) is 22.6 Å². The van der Waals surface area contributed by atoms with E-state index in [0.29, 0.717) is 40.7 Å². The van der Waals surface area contributed by atoms with Gasteiger partial charge in [-0.15, -0.1) is 0 Å². The van der Waals surface area contributed by atoms with Gasteiger partial charge in [-0.1, -0.05) is 34.4 Å². The molecule has 0 saturated carbocycles. The molecule has 30 heavy (non-hydrogen) atoms. The number of benzene rings is 1. The molecule has 0 unspecified atom stereocenters. The van der Waals surface area contributed by atoms with Gasteiger partial charge in [-0.3, -0.25) is 4.79 Å². The third-order valence-electron chi connectivity index (χ3n) is 5.06. The summed E-state index contributed by atoms with van der Waals surface area (Å²) in [6, 6.07) is 5.26. The van der Waals surface area contributed by atoms with Gasteiger partial charge < -0.3 is 19.6 Å². The molecule has 1 aromatic heterocycles. The van der Waals surface area contributed by atoms with Crippen LogP contribution in [0.3, 0.4) is 0 Å². The van der Waals surface area contributed by atoms with Gasteiger partial charge in [-0.05, 0) is 55.9 Å². The number of hydrogen-bond acceptors (Lipinski definition) is 4. The Kier molecular flexibility index (Phi) is 7.05. The molecule has 1 aliphatic carbocycles. The zero-order valence-corrected chi connectivity index (χ0v) is 18.0. The van der Waals surface area contributed by atoms with Gasteiger partial charge >= 0.3 is 11.9 Å². The molecule has 9 heteroatoms. The molecule has 0 aliphatic heterocycles. The SMILES string of the molecule is Cc1c2c(n(Cc3ccc(Cl)c(Cl)c3)c1C(=O)O)CCC/C2=N/OCCCC(=O)O. The van der Waals surface area contributed by atoms with Gasteiger partial charge in [0.25, 0.3) is 0 Å². The van der Waals surface area contributed by atoms with E-state index in [1.54, 1.807) is 23.6 Å². The summed E-state index contributed by atoms with van der Waals surface area (Å²) >= 11 is 12.1. The first kappa shape index (κ1) is 22.2. The molecule has 0 amide bonds. The maximum Gasteiger partial charge on any atom is 0.352 e. The van der Waals surface area contributed by atoms with Crippen molar-refractivity contribution in [1.82, 2.24) is 4.57 Å². The fourth-order valence-electron chi connectivity index (χ4n) is 3.77. The van der Waals surface area contributed by atoms with E-state index in [1.807, 2.05) is 6.07 Å². The van der Waals surface area contributed by atoms with E-state index in [4.69, 9.17) is 33.1 Å². The molecule has 0 spiro atoms. The lowest BCUT2D eigenvalue weighted by molar-refractivity contribution is -0.137. The summed E-state index contributed by atoms with van der Waals surface area (Å²) in [7, 11) is 0. The summed E-state index contributed by atoms with van der Waals surface area (Å²) in [6.45, 7) is 2.32. The molecule has 0 bridgehead atoms. The monoisotopic (exact) mass is 452 g/mol. The average Bonchev–Trinajstić information content (AvgIpc) is 2.97. The summed E-state index contributed by atoms with van der Waals surface area (Å²) < 4.78 is 1.80. The van der Waals surface area contributed by atoms with Gasteiger partial charge in [-0.2, -0.15) is 0 Å². The number of hydrogen-bond donors (Lipinski definition) is 2. The Morgan fingerprint density at radius 3 is 2.63 bits per heavy atom. The maximum atomic E-state index is 12.0. The van der Waals surface area contributed by atoms with Crippen molar-refractivity contribution < 1.29 is 24.6 Å². The Morgan fingerprint density at radius 1 is 1.20 bits per heavy atom. The molecule has 0 saturated heterocycles. The molecule has 1 aliphatic rings.